The van der Waals surface area contributed by atoms with Crippen molar-refractivity contribution in [3.8, 4) is 0 Å². The third-order valence-electron chi connectivity index (χ3n) is 2.96. The zero-order valence-electron chi connectivity index (χ0n) is 9.94. The van der Waals surface area contributed by atoms with E-state index in [0.29, 0.717) is 17.6 Å². The third-order valence-corrected chi connectivity index (χ3v) is 3.86. The van der Waals surface area contributed by atoms with Gasteiger partial charge in [0.05, 0.1) is 0 Å². The van der Waals surface area contributed by atoms with Crippen LogP contribution >= 0.6 is 31.9 Å². The van der Waals surface area contributed by atoms with Gasteiger partial charge in [0.2, 0.25) is 0 Å². The van der Waals surface area contributed by atoms with Gasteiger partial charge >= 0.3 is 0 Å². The lowest BCUT2D eigenvalue weighted by atomic mass is 10.3. The van der Waals surface area contributed by atoms with Crippen LogP contribution in [0.2, 0.25) is 0 Å². The van der Waals surface area contributed by atoms with Crippen molar-refractivity contribution in [1.82, 2.24) is 9.55 Å². The number of nitrogens with zero attached hydrogens (tertiary/aromatic N) is 2. The first kappa shape index (κ1) is 12.9. The second-order valence-corrected chi connectivity index (χ2v) is 6.33. The quantitative estimate of drug-likeness (QED) is 0.869. The van der Waals surface area contributed by atoms with E-state index in [-0.39, 0.29) is 5.91 Å². The van der Waals surface area contributed by atoms with Gasteiger partial charge in [-0.25, -0.2) is 4.98 Å². The van der Waals surface area contributed by atoms with Gasteiger partial charge in [-0.15, -0.1) is 0 Å². The highest BCUT2D eigenvalue weighted by Gasteiger charge is 2.27. The van der Waals surface area contributed by atoms with E-state index in [1.807, 2.05) is 22.9 Å². The van der Waals surface area contributed by atoms with Crippen molar-refractivity contribution in [2.45, 2.75) is 18.9 Å². The molecule has 2 heterocycles. The molecule has 0 aliphatic heterocycles. The van der Waals surface area contributed by atoms with Crippen LogP contribution in [0.5, 0.6) is 0 Å². The van der Waals surface area contributed by atoms with Crippen LogP contribution in [-0.4, -0.2) is 15.5 Å². The van der Waals surface area contributed by atoms with E-state index in [4.69, 9.17) is 0 Å². The van der Waals surface area contributed by atoms with Crippen LogP contribution in [0.3, 0.4) is 0 Å². The van der Waals surface area contributed by atoms with E-state index in [0.717, 1.165) is 21.8 Å². The molecule has 2 aromatic rings. The zero-order chi connectivity index (χ0) is 13.4. The molecule has 0 aromatic carbocycles. The maximum absolute atomic E-state index is 12.3. The standard InChI is InChI=1S/C13H11Br2N3O/c14-8-1-4-12(16-6-8)17-13(19)11-5-9(15)7-18(11)10-2-3-10/h1,4-7,10H,2-3H2,(H,16,17,19). The van der Waals surface area contributed by atoms with Crippen LogP contribution in [0.1, 0.15) is 29.4 Å². The summed E-state index contributed by atoms with van der Waals surface area (Å²) in [7, 11) is 0. The molecule has 2 aromatic heterocycles. The Balaban J connectivity index is 1.82. The maximum Gasteiger partial charge on any atom is 0.273 e. The fourth-order valence-corrected chi connectivity index (χ4v) is 2.58. The lowest BCUT2D eigenvalue weighted by molar-refractivity contribution is 0.101. The molecule has 1 N–H and O–H groups in total. The van der Waals surface area contributed by atoms with E-state index in [1.54, 1.807) is 12.3 Å². The van der Waals surface area contributed by atoms with E-state index >= 15 is 0 Å². The van der Waals surface area contributed by atoms with Crippen LogP contribution in [0, 0.1) is 0 Å². The molecule has 1 saturated carbocycles. The summed E-state index contributed by atoms with van der Waals surface area (Å²) in [6, 6.07) is 5.91. The number of amides is 1. The van der Waals surface area contributed by atoms with Crippen molar-refractivity contribution in [3.63, 3.8) is 0 Å². The number of rotatable bonds is 3. The third kappa shape index (κ3) is 2.90. The van der Waals surface area contributed by atoms with Gasteiger partial charge in [-0.2, -0.15) is 0 Å². The topological polar surface area (TPSA) is 46.9 Å². The number of hydrogen-bond acceptors (Lipinski definition) is 2. The number of hydrogen-bond donors (Lipinski definition) is 1. The van der Waals surface area contributed by atoms with Crippen molar-refractivity contribution in [3.05, 3.63) is 45.2 Å². The lowest BCUT2D eigenvalue weighted by Crippen LogP contribution is -2.16. The molecule has 19 heavy (non-hydrogen) atoms. The van der Waals surface area contributed by atoms with Crippen molar-refractivity contribution in [2.24, 2.45) is 0 Å². The molecular weight excluding hydrogens is 374 g/mol. The minimum absolute atomic E-state index is 0.132. The van der Waals surface area contributed by atoms with Crippen LogP contribution in [0.4, 0.5) is 5.82 Å². The first-order valence-corrected chi connectivity index (χ1v) is 7.52. The average molecular weight is 385 g/mol. The van der Waals surface area contributed by atoms with Crippen LogP contribution < -0.4 is 5.32 Å². The second-order valence-electron chi connectivity index (χ2n) is 4.50. The van der Waals surface area contributed by atoms with Crippen LogP contribution in [-0.2, 0) is 0 Å². The number of pyridine rings is 1. The monoisotopic (exact) mass is 383 g/mol. The minimum atomic E-state index is -0.132. The molecule has 0 spiro atoms. The molecule has 1 amide bonds. The summed E-state index contributed by atoms with van der Waals surface area (Å²) in [6.45, 7) is 0. The summed E-state index contributed by atoms with van der Waals surface area (Å²) < 4.78 is 3.83. The van der Waals surface area contributed by atoms with Crippen molar-refractivity contribution >= 4 is 43.6 Å². The zero-order valence-corrected chi connectivity index (χ0v) is 13.1. The first-order chi connectivity index (χ1) is 9.13. The number of anilines is 1. The predicted octanol–water partition coefficient (Wildman–Crippen LogP) is 4.00. The summed E-state index contributed by atoms with van der Waals surface area (Å²) in [5.74, 6) is 0.417. The Morgan fingerprint density at radius 3 is 2.74 bits per heavy atom. The van der Waals surface area contributed by atoms with E-state index < -0.39 is 0 Å². The van der Waals surface area contributed by atoms with Gasteiger partial charge < -0.3 is 9.88 Å². The van der Waals surface area contributed by atoms with E-state index in [2.05, 4.69) is 42.2 Å². The molecule has 0 radical (unpaired) electrons. The van der Waals surface area contributed by atoms with Crippen LogP contribution in [0.25, 0.3) is 0 Å². The Morgan fingerprint density at radius 2 is 2.11 bits per heavy atom. The summed E-state index contributed by atoms with van der Waals surface area (Å²) in [5.41, 5.74) is 0.666. The molecule has 1 aliphatic carbocycles. The van der Waals surface area contributed by atoms with Gasteiger partial charge in [-0.05, 0) is 62.9 Å². The molecule has 98 valence electrons. The normalized spacial score (nSPS) is 14.4. The maximum atomic E-state index is 12.3. The van der Waals surface area contributed by atoms with E-state index in [1.165, 1.54) is 0 Å². The Hall–Kier alpha value is -1.14. The molecule has 1 aliphatic rings. The van der Waals surface area contributed by atoms with Gasteiger partial charge in [0.25, 0.3) is 5.91 Å². The summed E-state index contributed by atoms with van der Waals surface area (Å²) in [6.07, 6.45) is 5.89. The Morgan fingerprint density at radius 1 is 1.32 bits per heavy atom. The highest BCUT2D eigenvalue weighted by atomic mass is 79.9. The predicted molar refractivity (Wildman–Crippen MR) is 80.3 cm³/mol. The smallest absolute Gasteiger partial charge is 0.273 e. The van der Waals surface area contributed by atoms with Gasteiger partial charge in [0.15, 0.2) is 0 Å². The lowest BCUT2D eigenvalue weighted by Gasteiger charge is -2.08. The molecule has 6 heteroatoms. The SMILES string of the molecule is O=C(Nc1ccc(Br)cn1)c1cc(Br)cn1C1CC1. The summed E-state index contributed by atoms with van der Waals surface area (Å²) >= 11 is 6.73. The molecule has 0 saturated heterocycles. The number of carbonyl (C=O) groups is 1. The summed E-state index contributed by atoms with van der Waals surface area (Å²) in [5, 5.41) is 2.81. The van der Waals surface area contributed by atoms with Crippen molar-refractivity contribution in [2.75, 3.05) is 5.32 Å². The van der Waals surface area contributed by atoms with Gasteiger partial charge in [0, 0.05) is 27.4 Å². The average Bonchev–Trinajstić information content (AvgIpc) is 3.15. The Bertz CT molecular complexity index is 617. The molecule has 3 rings (SSSR count). The fourth-order valence-electron chi connectivity index (χ4n) is 1.91. The molecule has 4 nitrogen and oxygen atoms in total. The first-order valence-electron chi connectivity index (χ1n) is 5.94. The van der Waals surface area contributed by atoms with Crippen molar-refractivity contribution < 1.29 is 4.79 Å². The minimum Gasteiger partial charge on any atom is -0.339 e. The Kier molecular flexibility index (Phi) is 3.45. The molecule has 0 bridgehead atoms. The highest BCUT2D eigenvalue weighted by Crippen LogP contribution is 2.37. The van der Waals surface area contributed by atoms with Crippen molar-refractivity contribution in [1.29, 1.82) is 0 Å². The second kappa shape index (κ2) is 5.09. The fraction of sp³-hybridized carbons (Fsp3) is 0.231. The summed E-state index contributed by atoms with van der Waals surface area (Å²) in [4.78, 5) is 16.4. The van der Waals surface area contributed by atoms with Gasteiger partial charge in [-0.1, -0.05) is 0 Å². The number of carbonyl (C=O) groups excluding carboxylic acids is 1. The van der Waals surface area contributed by atoms with Gasteiger partial charge in [0.1, 0.15) is 11.5 Å². The van der Waals surface area contributed by atoms with Gasteiger partial charge in [-0.3, -0.25) is 4.79 Å². The molecule has 1 fully saturated rings. The molecular formula is C13H11Br2N3O. The van der Waals surface area contributed by atoms with E-state index in [9.17, 15) is 4.79 Å². The van der Waals surface area contributed by atoms with Crippen LogP contribution in [0.15, 0.2) is 39.5 Å². The molecule has 0 unspecified atom stereocenters. The number of halogens is 2. The Labute approximate surface area is 127 Å². The highest BCUT2D eigenvalue weighted by molar-refractivity contribution is 9.10. The largest absolute Gasteiger partial charge is 0.339 e. The number of nitrogens with one attached hydrogen (secondary N) is 1. The number of aromatic nitrogens is 2. The molecule has 0 atom stereocenters.